The maximum Gasteiger partial charge on any atom is 0.119 e. The van der Waals surface area contributed by atoms with Crippen LogP contribution in [0.15, 0.2) is 90.5 Å². The molecule has 28 heavy (non-hydrogen) atoms. The molecule has 0 saturated heterocycles. The van der Waals surface area contributed by atoms with Crippen molar-refractivity contribution >= 4 is 5.57 Å². The average Bonchev–Trinajstić information content (AvgIpc) is 2.76. The summed E-state index contributed by atoms with van der Waals surface area (Å²) in [5.41, 5.74) is 6.50. The van der Waals surface area contributed by atoms with E-state index >= 15 is 0 Å². The average molecular weight is 373 g/mol. The Morgan fingerprint density at radius 1 is 0.786 bits per heavy atom. The Morgan fingerprint density at radius 3 is 2.00 bits per heavy atom. The monoisotopic (exact) mass is 372 g/mol. The second-order valence-electron chi connectivity index (χ2n) is 6.81. The predicted molar refractivity (Wildman–Crippen MR) is 117 cm³/mol. The van der Waals surface area contributed by atoms with Crippen LogP contribution < -0.4 is 4.74 Å². The number of hydrogen-bond acceptors (Lipinski definition) is 2. The van der Waals surface area contributed by atoms with Crippen LogP contribution in [0.1, 0.15) is 36.5 Å². The van der Waals surface area contributed by atoms with Gasteiger partial charge >= 0.3 is 0 Å². The summed E-state index contributed by atoms with van der Waals surface area (Å²) in [5.74, 6) is 0.839. The molecule has 0 aliphatic heterocycles. The first-order valence-corrected chi connectivity index (χ1v) is 9.97. The normalized spacial score (nSPS) is 11.8. The van der Waals surface area contributed by atoms with Gasteiger partial charge in [-0.3, -0.25) is 0 Å². The highest BCUT2D eigenvalue weighted by Crippen LogP contribution is 2.31. The minimum absolute atomic E-state index is 0.151. The van der Waals surface area contributed by atoms with E-state index in [1.807, 2.05) is 12.1 Å². The lowest BCUT2D eigenvalue weighted by atomic mass is 9.88. The van der Waals surface area contributed by atoms with Crippen molar-refractivity contribution < 1.29 is 9.84 Å². The molecular formula is C26H28O2. The molecule has 0 aliphatic carbocycles. The molecule has 3 aromatic rings. The zero-order valence-corrected chi connectivity index (χ0v) is 16.5. The molecule has 0 radical (unpaired) electrons. The van der Waals surface area contributed by atoms with Gasteiger partial charge in [0.15, 0.2) is 0 Å². The van der Waals surface area contributed by atoms with Gasteiger partial charge in [0.2, 0.25) is 0 Å². The molecule has 3 rings (SSSR count). The molecule has 0 spiro atoms. The Balaban J connectivity index is 1.97. The lowest BCUT2D eigenvalue weighted by Crippen LogP contribution is -2.01. The van der Waals surface area contributed by atoms with Crippen LogP contribution in [0.2, 0.25) is 0 Å². The van der Waals surface area contributed by atoms with Crippen molar-refractivity contribution in [3.63, 3.8) is 0 Å². The fourth-order valence-corrected chi connectivity index (χ4v) is 3.38. The minimum Gasteiger partial charge on any atom is -0.494 e. The number of hydrogen-bond donors (Lipinski definition) is 1. The molecule has 0 saturated carbocycles. The van der Waals surface area contributed by atoms with E-state index in [9.17, 15) is 0 Å². The van der Waals surface area contributed by atoms with Gasteiger partial charge in [0, 0.05) is 13.0 Å². The third kappa shape index (κ3) is 5.34. The topological polar surface area (TPSA) is 29.5 Å². The molecule has 0 fully saturated rings. The Labute approximate surface area is 168 Å². The van der Waals surface area contributed by atoms with E-state index in [2.05, 4.69) is 79.7 Å². The van der Waals surface area contributed by atoms with Gasteiger partial charge in [0.05, 0.1) is 6.61 Å². The molecule has 1 N–H and O–H groups in total. The van der Waals surface area contributed by atoms with Gasteiger partial charge < -0.3 is 9.84 Å². The summed E-state index contributed by atoms with van der Waals surface area (Å²) in [5, 5.41) is 8.91. The molecule has 0 aromatic heterocycles. The predicted octanol–water partition coefficient (Wildman–Crippen LogP) is 5.90. The van der Waals surface area contributed by atoms with Crippen LogP contribution in [0.25, 0.3) is 5.57 Å². The van der Waals surface area contributed by atoms with Crippen LogP contribution in [-0.2, 0) is 6.42 Å². The number of benzene rings is 3. The highest BCUT2D eigenvalue weighted by atomic mass is 16.5. The van der Waals surface area contributed by atoms with E-state index < -0.39 is 0 Å². The van der Waals surface area contributed by atoms with Crippen molar-refractivity contribution in [1.82, 2.24) is 0 Å². The summed E-state index contributed by atoms with van der Waals surface area (Å²) in [7, 11) is 0. The van der Waals surface area contributed by atoms with Crippen molar-refractivity contribution in [2.75, 3.05) is 13.2 Å². The maximum atomic E-state index is 8.91. The Bertz CT molecular complexity index is 865. The van der Waals surface area contributed by atoms with Crippen LogP contribution in [-0.4, -0.2) is 18.3 Å². The zero-order valence-electron chi connectivity index (χ0n) is 16.5. The largest absolute Gasteiger partial charge is 0.494 e. The fourth-order valence-electron chi connectivity index (χ4n) is 3.38. The number of allylic oxidation sites excluding steroid dienone is 1. The molecule has 2 nitrogen and oxygen atoms in total. The zero-order chi connectivity index (χ0) is 19.6. The van der Waals surface area contributed by atoms with Crippen molar-refractivity contribution in [3.05, 3.63) is 107 Å². The standard InChI is InChI=1S/C26H28O2/c1-2-22(20-21-10-5-3-6-11-21)26(23-12-7-4-8-13-23)24-14-16-25(17-15-24)28-19-9-18-27/h3-8,10-17,27H,2,9,18-20H2,1H3. The summed E-state index contributed by atoms with van der Waals surface area (Å²) < 4.78 is 5.69. The number of aliphatic hydroxyl groups excluding tert-OH is 1. The van der Waals surface area contributed by atoms with Crippen LogP contribution in [0.5, 0.6) is 5.75 Å². The molecule has 0 atom stereocenters. The summed E-state index contributed by atoms with van der Waals surface area (Å²) in [6.07, 6.45) is 2.58. The fraction of sp³-hybridized carbons (Fsp3) is 0.231. The van der Waals surface area contributed by atoms with E-state index in [-0.39, 0.29) is 6.61 Å². The minimum atomic E-state index is 0.151. The summed E-state index contributed by atoms with van der Waals surface area (Å²) in [6, 6.07) is 29.6. The van der Waals surface area contributed by atoms with Crippen LogP contribution >= 0.6 is 0 Å². The molecule has 0 aliphatic rings. The van der Waals surface area contributed by atoms with Gasteiger partial charge in [-0.1, -0.05) is 85.3 Å². The Hall–Kier alpha value is -2.84. The van der Waals surface area contributed by atoms with Crippen LogP contribution in [0.4, 0.5) is 0 Å². The molecule has 0 bridgehead atoms. The Morgan fingerprint density at radius 2 is 1.39 bits per heavy atom. The lowest BCUT2D eigenvalue weighted by Gasteiger charge is -2.17. The number of aliphatic hydroxyl groups is 1. The lowest BCUT2D eigenvalue weighted by molar-refractivity contribution is 0.233. The summed E-state index contributed by atoms with van der Waals surface area (Å²) in [4.78, 5) is 0. The van der Waals surface area contributed by atoms with E-state index in [0.717, 1.165) is 18.6 Å². The second-order valence-corrected chi connectivity index (χ2v) is 6.81. The highest BCUT2D eigenvalue weighted by Gasteiger charge is 2.12. The van der Waals surface area contributed by atoms with Gasteiger partial charge in [0.1, 0.15) is 5.75 Å². The third-order valence-corrected chi connectivity index (χ3v) is 4.82. The van der Waals surface area contributed by atoms with E-state index in [1.54, 1.807) is 0 Å². The molecule has 0 unspecified atom stereocenters. The third-order valence-electron chi connectivity index (χ3n) is 4.82. The van der Waals surface area contributed by atoms with Crippen LogP contribution in [0.3, 0.4) is 0 Å². The quantitative estimate of drug-likeness (QED) is 0.474. The van der Waals surface area contributed by atoms with E-state index in [0.29, 0.717) is 13.0 Å². The molecular weight excluding hydrogens is 344 g/mol. The summed E-state index contributed by atoms with van der Waals surface area (Å²) in [6.45, 7) is 2.91. The molecule has 3 aromatic carbocycles. The first-order chi connectivity index (χ1) is 13.8. The first kappa shape index (κ1) is 19.9. The number of ether oxygens (including phenoxy) is 1. The molecule has 144 valence electrons. The second kappa shape index (κ2) is 10.5. The van der Waals surface area contributed by atoms with Crippen molar-refractivity contribution in [2.24, 2.45) is 0 Å². The van der Waals surface area contributed by atoms with Gasteiger partial charge in [-0.25, -0.2) is 0 Å². The van der Waals surface area contributed by atoms with Crippen molar-refractivity contribution in [2.45, 2.75) is 26.2 Å². The van der Waals surface area contributed by atoms with E-state index in [1.165, 1.54) is 27.8 Å². The van der Waals surface area contributed by atoms with Crippen molar-refractivity contribution in [1.29, 1.82) is 0 Å². The Kier molecular flexibility index (Phi) is 7.45. The smallest absolute Gasteiger partial charge is 0.119 e. The van der Waals surface area contributed by atoms with Gasteiger partial charge in [0.25, 0.3) is 0 Å². The van der Waals surface area contributed by atoms with Gasteiger partial charge in [-0.15, -0.1) is 0 Å². The molecule has 0 amide bonds. The van der Waals surface area contributed by atoms with Crippen LogP contribution in [0, 0.1) is 0 Å². The van der Waals surface area contributed by atoms with E-state index in [4.69, 9.17) is 9.84 Å². The van der Waals surface area contributed by atoms with Crippen molar-refractivity contribution in [3.8, 4) is 5.75 Å². The molecule has 0 heterocycles. The maximum absolute atomic E-state index is 8.91. The van der Waals surface area contributed by atoms with Gasteiger partial charge in [-0.05, 0) is 47.2 Å². The number of rotatable bonds is 9. The first-order valence-electron chi connectivity index (χ1n) is 9.97. The SMILES string of the molecule is CCC(Cc1ccccc1)=C(c1ccccc1)c1ccc(OCCCO)cc1. The summed E-state index contributed by atoms with van der Waals surface area (Å²) >= 11 is 0. The molecule has 2 heteroatoms. The highest BCUT2D eigenvalue weighted by molar-refractivity contribution is 5.82. The van der Waals surface area contributed by atoms with Gasteiger partial charge in [-0.2, -0.15) is 0 Å².